The van der Waals surface area contributed by atoms with E-state index in [1.807, 2.05) is 43.4 Å². The van der Waals surface area contributed by atoms with E-state index in [-0.39, 0.29) is 6.42 Å². The van der Waals surface area contributed by atoms with E-state index in [4.69, 9.17) is 9.84 Å². The Labute approximate surface area is 167 Å². The van der Waals surface area contributed by atoms with Gasteiger partial charge in [-0.1, -0.05) is 55.5 Å². The van der Waals surface area contributed by atoms with Crippen LogP contribution in [0.1, 0.15) is 51.9 Å². The van der Waals surface area contributed by atoms with Crippen molar-refractivity contribution in [3.05, 3.63) is 48.6 Å². The second kappa shape index (κ2) is 14.3. The van der Waals surface area contributed by atoms with Gasteiger partial charge in [-0.15, -0.1) is 0 Å². The quantitative estimate of drug-likeness (QED) is 0.358. The Morgan fingerprint density at radius 1 is 1.11 bits per heavy atom. The highest BCUT2D eigenvalue weighted by atomic mass is 16.5. The van der Waals surface area contributed by atoms with Gasteiger partial charge in [-0.25, -0.2) is 0 Å². The Bertz CT molecular complexity index is 551. The van der Waals surface area contributed by atoms with Gasteiger partial charge < -0.3 is 25.2 Å². The summed E-state index contributed by atoms with van der Waals surface area (Å²) in [5.41, 5.74) is 0. The smallest absolute Gasteiger partial charge is 0.303 e. The third kappa shape index (κ3) is 10.6. The van der Waals surface area contributed by atoms with Crippen LogP contribution in [-0.2, 0) is 9.53 Å². The van der Waals surface area contributed by atoms with E-state index in [1.165, 1.54) is 0 Å². The summed E-state index contributed by atoms with van der Waals surface area (Å²) in [4.78, 5) is 10.4. The Morgan fingerprint density at radius 2 is 1.75 bits per heavy atom. The van der Waals surface area contributed by atoms with Crippen LogP contribution in [0.2, 0.25) is 0 Å². The van der Waals surface area contributed by atoms with Gasteiger partial charge in [0.15, 0.2) is 0 Å². The normalized spacial score (nSPS) is 25.5. The maximum Gasteiger partial charge on any atom is 0.303 e. The zero-order valence-electron chi connectivity index (χ0n) is 16.6. The summed E-state index contributed by atoms with van der Waals surface area (Å²) in [5.74, 6) is -0.785. The molecule has 0 aromatic carbocycles. The van der Waals surface area contributed by atoms with E-state index < -0.39 is 36.5 Å². The highest BCUT2D eigenvalue weighted by molar-refractivity contribution is 5.66. The fraction of sp³-hybridized carbons (Fsp3) is 0.591. The largest absolute Gasteiger partial charge is 0.481 e. The fourth-order valence-corrected chi connectivity index (χ4v) is 2.77. The second-order valence-electron chi connectivity index (χ2n) is 6.92. The van der Waals surface area contributed by atoms with Crippen molar-refractivity contribution in [1.82, 2.24) is 0 Å². The number of hydrogen-bond donors (Lipinski definition) is 4. The number of carboxylic acids is 1. The first-order chi connectivity index (χ1) is 13.4. The van der Waals surface area contributed by atoms with Gasteiger partial charge >= 0.3 is 5.97 Å². The molecular formula is C22H34O6. The minimum Gasteiger partial charge on any atom is -0.481 e. The molecule has 4 N–H and O–H groups in total. The SMILES string of the molecule is CC[C@@H](O)/C=C/[C@@H]1O[C@@H]([C@H](O)C/C=C\C/C=C\C/C=C\CCC(=O)O)C[C@H]1O. The highest BCUT2D eigenvalue weighted by Crippen LogP contribution is 2.25. The number of hydrogen-bond acceptors (Lipinski definition) is 5. The molecule has 0 aromatic heterocycles. The van der Waals surface area contributed by atoms with Gasteiger partial charge in [-0.05, 0) is 32.1 Å². The molecular weight excluding hydrogens is 360 g/mol. The van der Waals surface area contributed by atoms with Crippen molar-refractivity contribution in [3.8, 4) is 0 Å². The Hall–Kier alpha value is -1.73. The van der Waals surface area contributed by atoms with Crippen LogP contribution in [0.15, 0.2) is 48.6 Å². The number of aliphatic carboxylic acids is 1. The molecule has 6 heteroatoms. The standard InChI is InChI=1S/C22H34O6/c1-2-17(23)14-15-20-19(25)16-21(28-20)18(24)12-10-8-6-4-3-5-7-9-11-13-22(26)27/h3-4,7-10,14-15,17-21,23-25H,2,5-6,11-13,16H2,1H3,(H,26,27)/b4-3-,9-7-,10-8-,15-14+/t17-,18-,19-,20+,21-/m1/s1. The van der Waals surface area contributed by atoms with Crippen molar-refractivity contribution in [1.29, 1.82) is 0 Å². The van der Waals surface area contributed by atoms with Crippen molar-refractivity contribution < 1.29 is 30.0 Å². The first kappa shape index (κ1) is 24.3. The third-order valence-corrected chi connectivity index (χ3v) is 4.50. The van der Waals surface area contributed by atoms with Crippen LogP contribution < -0.4 is 0 Å². The molecule has 0 unspecified atom stereocenters. The molecule has 6 nitrogen and oxygen atoms in total. The third-order valence-electron chi connectivity index (χ3n) is 4.50. The molecule has 1 saturated heterocycles. The van der Waals surface area contributed by atoms with Crippen LogP contribution in [0, 0.1) is 0 Å². The van der Waals surface area contributed by atoms with Crippen molar-refractivity contribution in [2.45, 2.75) is 82.4 Å². The van der Waals surface area contributed by atoms with Gasteiger partial charge in [0, 0.05) is 12.8 Å². The average Bonchev–Trinajstić information content (AvgIpc) is 3.04. The van der Waals surface area contributed by atoms with E-state index in [0.717, 1.165) is 12.8 Å². The van der Waals surface area contributed by atoms with E-state index >= 15 is 0 Å². The number of carbonyl (C=O) groups is 1. The topological polar surface area (TPSA) is 107 Å². The minimum absolute atomic E-state index is 0.157. The maximum atomic E-state index is 10.4. The second-order valence-corrected chi connectivity index (χ2v) is 6.92. The van der Waals surface area contributed by atoms with Crippen LogP contribution >= 0.6 is 0 Å². The van der Waals surface area contributed by atoms with Crippen molar-refractivity contribution in [2.75, 3.05) is 0 Å². The first-order valence-corrected chi connectivity index (χ1v) is 9.98. The predicted molar refractivity (Wildman–Crippen MR) is 109 cm³/mol. The zero-order chi connectivity index (χ0) is 20.8. The zero-order valence-corrected chi connectivity index (χ0v) is 16.6. The molecule has 28 heavy (non-hydrogen) atoms. The molecule has 5 atom stereocenters. The summed E-state index contributed by atoms with van der Waals surface area (Å²) in [7, 11) is 0. The van der Waals surface area contributed by atoms with Crippen molar-refractivity contribution in [3.63, 3.8) is 0 Å². The molecule has 0 amide bonds. The summed E-state index contributed by atoms with van der Waals surface area (Å²) < 4.78 is 5.70. The number of rotatable bonds is 13. The molecule has 0 saturated carbocycles. The van der Waals surface area contributed by atoms with Crippen LogP contribution in [0.5, 0.6) is 0 Å². The van der Waals surface area contributed by atoms with Crippen LogP contribution in [0.4, 0.5) is 0 Å². The summed E-state index contributed by atoms with van der Waals surface area (Å²) in [6.45, 7) is 1.87. The lowest BCUT2D eigenvalue weighted by Crippen LogP contribution is -2.25. The first-order valence-electron chi connectivity index (χ1n) is 9.98. The van der Waals surface area contributed by atoms with Crippen LogP contribution in [-0.4, -0.2) is 56.9 Å². The van der Waals surface area contributed by atoms with Gasteiger partial charge in [0.05, 0.1) is 24.4 Å². The summed E-state index contributed by atoms with van der Waals surface area (Å²) >= 11 is 0. The minimum atomic E-state index is -0.785. The molecule has 0 spiro atoms. The lowest BCUT2D eigenvalue weighted by Gasteiger charge is -2.16. The van der Waals surface area contributed by atoms with E-state index in [1.54, 1.807) is 12.2 Å². The molecule has 0 radical (unpaired) electrons. The van der Waals surface area contributed by atoms with Gasteiger partial charge in [0.2, 0.25) is 0 Å². The predicted octanol–water partition coefficient (Wildman–Crippen LogP) is 2.90. The summed E-state index contributed by atoms with van der Waals surface area (Å²) in [6.07, 6.45) is 15.9. The molecule has 0 aromatic rings. The van der Waals surface area contributed by atoms with Gasteiger partial charge in [-0.2, -0.15) is 0 Å². The molecule has 0 aliphatic carbocycles. The van der Waals surface area contributed by atoms with Gasteiger partial charge in [0.1, 0.15) is 6.10 Å². The number of carboxylic acid groups (broad SMARTS) is 1. The average molecular weight is 395 g/mol. The highest BCUT2D eigenvalue weighted by Gasteiger charge is 2.35. The summed E-state index contributed by atoms with van der Waals surface area (Å²) in [6, 6.07) is 0. The fourth-order valence-electron chi connectivity index (χ4n) is 2.77. The lowest BCUT2D eigenvalue weighted by molar-refractivity contribution is -0.136. The van der Waals surface area contributed by atoms with E-state index in [0.29, 0.717) is 25.7 Å². The Kier molecular flexibility index (Phi) is 12.4. The molecule has 1 fully saturated rings. The van der Waals surface area contributed by atoms with Crippen LogP contribution in [0.25, 0.3) is 0 Å². The van der Waals surface area contributed by atoms with Gasteiger partial charge in [0.25, 0.3) is 0 Å². The monoisotopic (exact) mass is 394 g/mol. The molecule has 1 rings (SSSR count). The van der Waals surface area contributed by atoms with Crippen molar-refractivity contribution >= 4 is 5.97 Å². The summed E-state index contributed by atoms with van der Waals surface area (Å²) in [5, 5.41) is 38.3. The Morgan fingerprint density at radius 3 is 2.39 bits per heavy atom. The van der Waals surface area contributed by atoms with Crippen molar-refractivity contribution in [2.24, 2.45) is 0 Å². The Balaban J connectivity index is 2.22. The lowest BCUT2D eigenvalue weighted by atomic mass is 10.0. The molecule has 1 aliphatic rings. The maximum absolute atomic E-state index is 10.4. The molecule has 1 heterocycles. The van der Waals surface area contributed by atoms with Gasteiger partial charge in [-0.3, -0.25) is 4.79 Å². The van der Waals surface area contributed by atoms with E-state index in [9.17, 15) is 20.1 Å². The molecule has 0 bridgehead atoms. The van der Waals surface area contributed by atoms with Crippen LogP contribution in [0.3, 0.4) is 0 Å². The number of aliphatic hydroxyl groups is 3. The molecule has 1 aliphatic heterocycles. The number of allylic oxidation sites excluding steroid dienone is 5. The number of aliphatic hydroxyl groups excluding tert-OH is 3. The van der Waals surface area contributed by atoms with E-state index in [2.05, 4.69) is 0 Å². The number of ether oxygens (including phenoxy) is 1. The molecule has 158 valence electrons.